The SMILES string of the molecule is C=CC=CC=CN(Cc1cccc2ccccc12)c1ccc(C=NNC=O)cc1. The van der Waals surface area contributed by atoms with E-state index < -0.39 is 0 Å². The molecule has 3 aromatic carbocycles. The summed E-state index contributed by atoms with van der Waals surface area (Å²) in [5, 5.41) is 6.30. The predicted octanol–water partition coefficient (Wildman–Crippen LogP) is 5.18. The van der Waals surface area contributed by atoms with Gasteiger partial charge in [0, 0.05) is 18.4 Å². The summed E-state index contributed by atoms with van der Waals surface area (Å²) in [5.74, 6) is 0. The Labute approximate surface area is 171 Å². The summed E-state index contributed by atoms with van der Waals surface area (Å²) in [5.41, 5.74) is 5.49. The minimum absolute atomic E-state index is 0.540. The number of benzene rings is 3. The largest absolute Gasteiger partial charge is 0.344 e. The van der Waals surface area contributed by atoms with E-state index in [1.54, 1.807) is 12.3 Å². The van der Waals surface area contributed by atoms with Gasteiger partial charge in [0.05, 0.1) is 6.21 Å². The summed E-state index contributed by atoms with van der Waals surface area (Å²) in [6, 6.07) is 22.8. The number of nitrogens with zero attached hydrogens (tertiary/aromatic N) is 2. The van der Waals surface area contributed by atoms with Crippen molar-refractivity contribution in [1.82, 2.24) is 5.43 Å². The number of hydrazone groups is 1. The smallest absolute Gasteiger partial charge is 0.227 e. The first-order valence-corrected chi connectivity index (χ1v) is 9.33. The van der Waals surface area contributed by atoms with Gasteiger partial charge < -0.3 is 4.90 Å². The molecule has 0 atom stereocenters. The Morgan fingerprint density at radius 1 is 0.931 bits per heavy atom. The molecule has 0 aliphatic carbocycles. The summed E-state index contributed by atoms with van der Waals surface area (Å²) in [6.07, 6.45) is 11.8. The van der Waals surface area contributed by atoms with Gasteiger partial charge in [0.15, 0.2) is 0 Å². The highest BCUT2D eigenvalue weighted by molar-refractivity contribution is 5.86. The highest BCUT2D eigenvalue weighted by Gasteiger charge is 2.07. The van der Waals surface area contributed by atoms with Gasteiger partial charge in [0.25, 0.3) is 0 Å². The quantitative estimate of drug-likeness (QED) is 0.240. The van der Waals surface area contributed by atoms with Crippen LogP contribution in [0.15, 0.2) is 109 Å². The molecule has 4 nitrogen and oxygen atoms in total. The summed E-state index contributed by atoms with van der Waals surface area (Å²) in [7, 11) is 0. The Hall–Kier alpha value is -3.92. The van der Waals surface area contributed by atoms with Gasteiger partial charge in [0.1, 0.15) is 0 Å². The van der Waals surface area contributed by atoms with Crippen LogP contribution in [0, 0.1) is 0 Å². The van der Waals surface area contributed by atoms with Crippen molar-refractivity contribution in [3.05, 3.63) is 115 Å². The van der Waals surface area contributed by atoms with Crippen LogP contribution in [0.5, 0.6) is 0 Å². The lowest BCUT2D eigenvalue weighted by Gasteiger charge is -2.22. The molecule has 0 saturated heterocycles. The summed E-state index contributed by atoms with van der Waals surface area (Å²) in [4.78, 5) is 12.5. The van der Waals surface area contributed by atoms with Gasteiger partial charge >= 0.3 is 0 Å². The van der Waals surface area contributed by atoms with Gasteiger partial charge in [-0.05, 0) is 40.1 Å². The maximum atomic E-state index is 10.3. The Morgan fingerprint density at radius 3 is 2.52 bits per heavy atom. The zero-order chi connectivity index (χ0) is 20.3. The number of amides is 1. The molecule has 0 radical (unpaired) electrons. The second kappa shape index (κ2) is 10.4. The minimum Gasteiger partial charge on any atom is -0.344 e. The average molecular weight is 381 g/mol. The van der Waals surface area contributed by atoms with Gasteiger partial charge in [-0.15, -0.1) is 0 Å². The molecule has 0 saturated carbocycles. The van der Waals surface area contributed by atoms with E-state index in [9.17, 15) is 4.79 Å². The molecule has 0 unspecified atom stereocenters. The van der Waals surface area contributed by atoms with Crippen LogP contribution in [-0.2, 0) is 11.3 Å². The lowest BCUT2D eigenvalue weighted by Crippen LogP contribution is -2.15. The van der Waals surface area contributed by atoms with Gasteiger partial charge in [-0.25, -0.2) is 5.43 Å². The third-order valence-corrected chi connectivity index (χ3v) is 4.41. The van der Waals surface area contributed by atoms with Crippen LogP contribution in [-0.4, -0.2) is 12.6 Å². The van der Waals surface area contributed by atoms with Gasteiger partial charge in [-0.2, -0.15) is 5.10 Å². The summed E-state index contributed by atoms with van der Waals surface area (Å²) >= 11 is 0. The molecule has 4 heteroatoms. The normalized spacial score (nSPS) is 11.4. The second-order valence-corrected chi connectivity index (χ2v) is 6.32. The van der Waals surface area contributed by atoms with Gasteiger partial charge in [-0.3, -0.25) is 4.79 Å². The van der Waals surface area contributed by atoms with E-state index in [1.165, 1.54) is 16.3 Å². The van der Waals surface area contributed by atoms with Crippen molar-refractivity contribution >= 4 is 29.1 Å². The lowest BCUT2D eigenvalue weighted by molar-refractivity contribution is -0.109. The van der Waals surface area contributed by atoms with Crippen molar-refractivity contribution < 1.29 is 4.79 Å². The Balaban J connectivity index is 1.90. The third kappa shape index (κ3) is 5.53. The molecule has 0 spiro atoms. The number of nitrogens with one attached hydrogen (secondary N) is 1. The highest BCUT2D eigenvalue weighted by atomic mass is 16.1. The topological polar surface area (TPSA) is 44.7 Å². The first-order chi connectivity index (χ1) is 14.3. The van der Waals surface area contributed by atoms with E-state index in [-0.39, 0.29) is 0 Å². The molecule has 1 N–H and O–H groups in total. The van der Waals surface area contributed by atoms with Gasteiger partial charge in [-0.1, -0.05) is 79.4 Å². The van der Waals surface area contributed by atoms with E-state index >= 15 is 0 Å². The molecule has 0 aliphatic heterocycles. The maximum Gasteiger partial charge on any atom is 0.227 e. The molecule has 0 aliphatic rings. The number of rotatable bonds is 9. The molecular formula is C25H23N3O. The fraction of sp³-hybridized carbons (Fsp3) is 0.0400. The zero-order valence-corrected chi connectivity index (χ0v) is 16.1. The van der Waals surface area contributed by atoms with E-state index in [2.05, 4.69) is 70.7 Å². The molecule has 0 aromatic heterocycles. The number of carbonyl (C=O) groups excluding carboxylic acids is 1. The summed E-state index contributed by atoms with van der Waals surface area (Å²) in [6.45, 7) is 4.44. The molecule has 144 valence electrons. The highest BCUT2D eigenvalue weighted by Crippen LogP contribution is 2.24. The molecule has 3 rings (SSSR count). The van der Waals surface area contributed by atoms with E-state index in [4.69, 9.17) is 0 Å². The van der Waals surface area contributed by atoms with Crippen LogP contribution in [0.2, 0.25) is 0 Å². The van der Waals surface area contributed by atoms with Crippen molar-refractivity contribution in [2.45, 2.75) is 6.54 Å². The molecular weight excluding hydrogens is 358 g/mol. The zero-order valence-electron chi connectivity index (χ0n) is 16.1. The molecule has 0 bridgehead atoms. The minimum atomic E-state index is 0.540. The number of anilines is 1. The maximum absolute atomic E-state index is 10.3. The Morgan fingerprint density at radius 2 is 1.72 bits per heavy atom. The van der Waals surface area contributed by atoms with Gasteiger partial charge in [0.2, 0.25) is 6.41 Å². The molecule has 29 heavy (non-hydrogen) atoms. The number of hydrogen-bond acceptors (Lipinski definition) is 3. The summed E-state index contributed by atoms with van der Waals surface area (Å²) < 4.78 is 0. The standard InChI is InChI=1S/C25H23N3O/c1-2-3-4-7-17-28(24-15-13-21(14-16-24)18-26-27-20-29)19-23-11-8-10-22-9-5-6-12-25(22)23/h2-18,20H,1,19H2,(H,27,29). The van der Waals surface area contributed by atoms with E-state index in [0.29, 0.717) is 6.41 Å². The molecule has 0 heterocycles. The second-order valence-electron chi connectivity index (χ2n) is 6.32. The Bertz CT molecular complexity index is 1040. The van der Waals surface area contributed by atoms with Crippen molar-refractivity contribution in [3.63, 3.8) is 0 Å². The van der Waals surface area contributed by atoms with Crippen LogP contribution < -0.4 is 10.3 Å². The van der Waals surface area contributed by atoms with Crippen molar-refractivity contribution in [2.75, 3.05) is 4.90 Å². The Kier molecular flexibility index (Phi) is 7.13. The third-order valence-electron chi connectivity index (χ3n) is 4.41. The number of allylic oxidation sites excluding steroid dienone is 4. The average Bonchev–Trinajstić information content (AvgIpc) is 2.77. The number of hydrogen-bond donors (Lipinski definition) is 1. The first-order valence-electron chi connectivity index (χ1n) is 9.33. The van der Waals surface area contributed by atoms with Crippen molar-refractivity contribution in [2.24, 2.45) is 5.10 Å². The van der Waals surface area contributed by atoms with E-state index in [1.807, 2.05) is 42.5 Å². The van der Waals surface area contributed by atoms with Crippen molar-refractivity contribution in [1.29, 1.82) is 0 Å². The van der Waals surface area contributed by atoms with E-state index in [0.717, 1.165) is 17.8 Å². The van der Waals surface area contributed by atoms with Crippen LogP contribution in [0.25, 0.3) is 10.8 Å². The number of carbonyl (C=O) groups is 1. The first kappa shape index (κ1) is 19.8. The molecule has 0 fully saturated rings. The lowest BCUT2D eigenvalue weighted by atomic mass is 10.0. The number of fused-ring (bicyclic) bond motifs is 1. The predicted molar refractivity (Wildman–Crippen MR) is 122 cm³/mol. The van der Waals surface area contributed by atoms with Crippen LogP contribution in [0.3, 0.4) is 0 Å². The fourth-order valence-corrected chi connectivity index (χ4v) is 3.03. The van der Waals surface area contributed by atoms with Crippen LogP contribution in [0.1, 0.15) is 11.1 Å². The molecule has 1 amide bonds. The monoisotopic (exact) mass is 381 g/mol. The van der Waals surface area contributed by atoms with Crippen LogP contribution >= 0.6 is 0 Å². The van der Waals surface area contributed by atoms with Crippen LogP contribution in [0.4, 0.5) is 5.69 Å². The fourth-order valence-electron chi connectivity index (χ4n) is 3.03. The van der Waals surface area contributed by atoms with Crippen molar-refractivity contribution in [3.8, 4) is 0 Å². The molecule has 3 aromatic rings.